The van der Waals surface area contributed by atoms with E-state index in [1.807, 2.05) is 13.8 Å². The minimum atomic E-state index is -0.721. The lowest BCUT2D eigenvalue weighted by molar-refractivity contribution is 0.0529. The summed E-state index contributed by atoms with van der Waals surface area (Å²) in [6.07, 6.45) is 0.962. The number of nitrogens with one attached hydrogen (secondary N) is 1. The highest BCUT2D eigenvalue weighted by molar-refractivity contribution is 6.08. The molecule has 0 aliphatic carbocycles. The molecule has 0 aromatic carbocycles. The van der Waals surface area contributed by atoms with E-state index in [0.29, 0.717) is 11.1 Å². The van der Waals surface area contributed by atoms with Gasteiger partial charge in [0, 0.05) is 6.20 Å². The van der Waals surface area contributed by atoms with Crippen LogP contribution in [-0.2, 0) is 9.47 Å². The Labute approximate surface area is 146 Å². The van der Waals surface area contributed by atoms with Crippen LogP contribution in [-0.4, -0.2) is 29.3 Å². The molecule has 2 rings (SSSR count). The maximum absolute atomic E-state index is 12.3. The van der Waals surface area contributed by atoms with Crippen LogP contribution in [0.15, 0.2) is 16.7 Å². The normalized spacial score (nSPS) is 11.6. The van der Waals surface area contributed by atoms with Gasteiger partial charge in [0.2, 0.25) is 5.88 Å². The first kappa shape index (κ1) is 18.8. The van der Waals surface area contributed by atoms with Crippen LogP contribution in [0.1, 0.15) is 63.4 Å². The van der Waals surface area contributed by atoms with Crippen molar-refractivity contribution in [2.24, 2.45) is 0 Å². The highest BCUT2D eigenvalue weighted by Crippen LogP contribution is 2.31. The fourth-order valence-electron chi connectivity index (χ4n) is 2.19. The number of furan rings is 1. The SMILES string of the molecule is CCOC(=O)c1c(NC(=O)OC(C)(C)C)oc2cc(C(C)C)cnc12. The van der Waals surface area contributed by atoms with E-state index in [4.69, 9.17) is 13.9 Å². The third-order valence-corrected chi connectivity index (χ3v) is 3.31. The number of ether oxygens (including phenoxy) is 2. The van der Waals surface area contributed by atoms with Crippen LogP contribution in [0.25, 0.3) is 11.1 Å². The number of pyridine rings is 1. The van der Waals surface area contributed by atoms with Crippen molar-refractivity contribution in [2.45, 2.75) is 53.1 Å². The Morgan fingerprint density at radius 1 is 1.32 bits per heavy atom. The topological polar surface area (TPSA) is 90.7 Å². The molecular formula is C18H24N2O5. The third-order valence-electron chi connectivity index (χ3n) is 3.31. The number of hydrogen-bond donors (Lipinski definition) is 1. The lowest BCUT2D eigenvalue weighted by atomic mass is 10.1. The first-order chi connectivity index (χ1) is 11.6. The molecule has 2 heterocycles. The van der Waals surface area contributed by atoms with E-state index in [1.54, 1.807) is 40.0 Å². The standard InChI is InChI=1S/C18H24N2O5/c1-7-23-16(21)13-14-12(8-11(9-19-14)10(2)3)24-15(13)20-17(22)25-18(4,5)6/h8-10H,7H2,1-6H3,(H,20,22). The maximum Gasteiger partial charge on any atom is 0.414 e. The number of carbonyl (C=O) groups excluding carboxylic acids is 2. The quantitative estimate of drug-likeness (QED) is 0.820. The molecule has 0 radical (unpaired) electrons. The predicted octanol–water partition coefficient (Wildman–Crippen LogP) is 4.47. The number of aromatic nitrogens is 1. The Kier molecular flexibility index (Phi) is 5.35. The third kappa shape index (κ3) is 4.49. The molecule has 0 unspecified atom stereocenters. The molecule has 0 aliphatic rings. The van der Waals surface area contributed by atoms with Crippen molar-refractivity contribution in [3.05, 3.63) is 23.4 Å². The van der Waals surface area contributed by atoms with Crippen LogP contribution < -0.4 is 5.32 Å². The average molecular weight is 348 g/mol. The van der Waals surface area contributed by atoms with Crippen molar-refractivity contribution in [1.82, 2.24) is 4.98 Å². The van der Waals surface area contributed by atoms with Gasteiger partial charge in [-0.2, -0.15) is 0 Å². The van der Waals surface area contributed by atoms with Crippen molar-refractivity contribution in [3.8, 4) is 0 Å². The van der Waals surface area contributed by atoms with E-state index in [9.17, 15) is 9.59 Å². The lowest BCUT2D eigenvalue weighted by Gasteiger charge is -2.19. The van der Waals surface area contributed by atoms with Crippen LogP contribution >= 0.6 is 0 Å². The van der Waals surface area contributed by atoms with Crippen molar-refractivity contribution < 1.29 is 23.5 Å². The largest absolute Gasteiger partial charge is 0.462 e. The van der Waals surface area contributed by atoms with Crippen molar-refractivity contribution in [2.75, 3.05) is 11.9 Å². The van der Waals surface area contributed by atoms with Gasteiger partial charge in [-0.15, -0.1) is 0 Å². The molecule has 2 aromatic rings. The van der Waals surface area contributed by atoms with Crippen molar-refractivity contribution >= 4 is 29.0 Å². The van der Waals surface area contributed by atoms with Gasteiger partial charge in [-0.3, -0.25) is 10.3 Å². The monoisotopic (exact) mass is 348 g/mol. The van der Waals surface area contributed by atoms with Gasteiger partial charge >= 0.3 is 12.1 Å². The number of hydrogen-bond acceptors (Lipinski definition) is 6. The number of anilines is 1. The summed E-state index contributed by atoms with van der Waals surface area (Å²) in [7, 11) is 0. The Morgan fingerprint density at radius 2 is 2.00 bits per heavy atom. The molecule has 25 heavy (non-hydrogen) atoms. The molecule has 2 aromatic heterocycles. The molecule has 0 fully saturated rings. The maximum atomic E-state index is 12.3. The van der Waals surface area contributed by atoms with Crippen LogP contribution in [0.2, 0.25) is 0 Å². The minimum absolute atomic E-state index is 0.0314. The van der Waals surface area contributed by atoms with Gasteiger partial charge in [0.15, 0.2) is 5.58 Å². The molecule has 7 heteroatoms. The van der Waals surface area contributed by atoms with E-state index in [0.717, 1.165) is 5.56 Å². The molecule has 7 nitrogen and oxygen atoms in total. The summed E-state index contributed by atoms with van der Waals surface area (Å²) in [5.41, 5.74) is 1.11. The Hall–Kier alpha value is -2.57. The number of carbonyl (C=O) groups is 2. The highest BCUT2D eigenvalue weighted by Gasteiger charge is 2.27. The van der Waals surface area contributed by atoms with Gasteiger partial charge in [0.25, 0.3) is 0 Å². The van der Waals surface area contributed by atoms with Crippen LogP contribution in [0.3, 0.4) is 0 Å². The van der Waals surface area contributed by atoms with Gasteiger partial charge in [-0.25, -0.2) is 9.59 Å². The second-order valence-corrected chi connectivity index (χ2v) is 6.92. The molecule has 0 atom stereocenters. The number of nitrogens with zero attached hydrogens (tertiary/aromatic N) is 1. The van der Waals surface area contributed by atoms with Gasteiger partial charge in [0.1, 0.15) is 16.7 Å². The van der Waals surface area contributed by atoms with Crippen LogP contribution in [0.4, 0.5) is 10.7 Å². The fourth-order valence-corrected chi connectivity index (χ4v) is 2.19. The molecule has 1 amide bonds. The average Bonchev–Trinajstić information content (AvgIpc) is 2.81. The molecule has 0 saturated carbocycles. The summed E-state index contributed by atoms with van der Waals surface area (Å²) in [4.78, 5) is 28.7. The van der Waals surface area contributed by atoms with E-state index in [1.165, 1.54) is 0 Å². The van der Waals surface area contributed by atoms with Gasteiger partial charge < -0.3 is 13.9 Å². The zero-order chi connectivity index (χ0) is 18.8. The molecule has 0 spiro atoms. The summed E-state index contributed by atoms with van der Waals surface area (Å²) in [5, 5.41) is 2.48. The van der Waals surface area contributed by atoms with Crippen molar-refractivity contribution in [3.63, 3.8) is 0 Å². The zero-order valence-electron chi connectivity index (χ0n) is 15.4. The van der Waals surface area contributed by atoms with Gasteiger partial charge in [-0.05, 0) is 45.2 Å². The molecule has 0 bridgehead atoms. The number of fused-ring (bicyclic) bond motifs is 1. The summed E-state index contributed by atoms with van der Waals surface area (Å²) in [6.45, 7) is 11.2. The first-order valence-electron chi connectivity index (χ1n) is 8.22. The lowest BCUT2D eigenvalue weighted by Crippen LogP contribution is -2.27. The summed E-state index contributed by atoms with van der Waals surface area (Å²) in [5.74, 6) is -0.400. The van der Waals surface area contributed by atoms with Gasteiger partial charge in [0.05, 0.1) is 6.61 Å². The first-order valence-corrected chi connectivity index (χ1v) is 8.22. The van der Waals surface area contributed by atoms with E-state index in [2.05, 4.69) is 10.3 Å². The van der Waals surface area contributed by atoms with Crippen LogP contribution in [0.5, 0.6) is 0 Å². The van der Waals surface area contributed by atoms with Crippen LogP contribution in [0, 0.1) is 0 Å². The molecule has 0 saturated heterocycles. The summed E-state index contributed by atoms with van der Waals surface area (Å²) >= 11 is 0. The summed E-state index contributed by atoms with van der Waals surface area (Å²) < 4.78 is 15.9. The molecule has 0 aliphatic heterocycles. The summed E-state index contributed by atoms with van der Waals surface area (Å²) in [6, 6.07) is 1.80. The molecule has 1 N–H and O–H groups in total. The zero-order valence-corrected chi connectivity index (χ0v) is 15.4. The van der Waals surface area contributed by atoms with Crippen molar-refractivity contribution in [1.29, 1.82) is 0 Å². The Bertz CT molecular complexity index is 787. The Morgan fingerprint density at radius 3 is 2.56 bits per heavy atom. The second-order valence-electron chi connectivity index (χ2n) is 6.92. The fraction of sp³-hybridized carbons (Fsp3) is 0.500. The minimum Gasteiger partial charge on any atom is -0.462 e. The number of esters is 1. The van der Waals surface area contributed by atoms with Gasteiger partial charge in [-0.1, -0.05) is 13.8 Å². The smallest absolute Gasteiger partial charge is 0.414 e. The highest BCUT2D eigenvalue weighted by atomic mass is 16.6. The predicted molar refractivity (Wildman–Crippen MR) is 93.9 cm³/mol. The molecular weight excluding hydrogens is 324 g/mol. The Balaban J connectivity index is 2.47. The van der Waals surface area contributed by atoms with E-state index < -0.39 is 17.7 Å². The second kappa shape index (κ2) is 7.13. The molecule has 136 valence electrons. The van der Waals surface area contributed by atoms with E-state index >= 15 is 0 Å². The number of amides is 1. The van der Waals surface area contributed by atoms with E-state index in [-0.39, 0.29) is 24.0 Å². The number of rotatable bonds is 4.